The minimum absolute atomic E-state index is 0.121. The molecule has 1 heterocycles. The smallest absolute Gasteiger partial charge is 0.256 e. The Morgan fingerprint density at radius 1 is 1.53 bits per heavy atom. The van der Waals surface area contributed by atoms with Gasteiger partial charge in [-0.1, -0.05) is 15.9 Å². The lowest BCUT2D eigenvalue weighted by atomic mass is 10.2. The summed E-state index contributed by atoms with van der Waals surface area (Å²) in [6.45, 7) is 3.18. The molecule has 0 unspecified atom stereocenters. The van der Waals surface area contributed by atoms with E-state index in [4.69, 9.17) is 4.74 Å². The zero-order valence-corrected chi connectivity index (χ0v) is 11.2. The van der Waals surface area contributed by atoms with E-state index in [9.17, 15) is 9.59 Å². The molecule has 0 aliphatic heterocycles. The highest BCUT2D eigenvalue weighted by Gasteiger charge is 2.08. The monoisotopic (exact) mass is 302 g/mol. The van der Waals surface area contributed by atoms with Crippen LogP contribution < -0.4 is 10.7 Å². The number of pyridine rings is 1. The molecule has 1 aromatic rings. The van der Waals surface area contributed by atoms with Crippen LogP contribution in [0.3, 0.4) is 0 Å². The van der Waals surface area contributed by atoms with Crippen molar-refractivity contribution in [3.63, 3.8) is 0 Å². The van der Waals surface area contributed by atoms with Gasteiger partial charge in [-0.25, -0.2) is 0 Å². The Balaban J connectivity index is 2.45. The molecule has 0 aliphatic carbocycles. The van der Waals surface area contributed by atoms with Crippen molar-refractivity contribution in [2.45, 2.75) is 6.92 Å². The van der Waals surface area contributed by atoms with Gasteiger partial charge in [-0.15, -0.1) is 0 Å². The van der Waals surface area contributed by atoms with Gasteiger partial charge >= 0.3 is 0 Å². The summed E-state index contributed by atoms with van der Waals surface area (Å²) < 4.78 is 5.17. The van der Waals surface area contributed by atoms with Crippen molar-refractivity contribution in [3.05, 3.63) is 33.7 Å². The first-order valence-electron chi connectivity index (χ1n) is 5.26. The van der Waals surface area contributed by atoms with Gasteiger partial charge in [-0.05, 0) is 6.92 Å². The fraction of sp³-hybridized carbons (Fsp3) is 0.455. The molecule has 94 valence electrons. The van der Waals surface area contributed by atoms with E-state index in [2.05, 4.69) is 26.2 Å². The van der Waals surface area contributed by atoms with E-state index < -0.39 is 0 Å². The number of halogens is 1. The van der Waals surface area contributed by atoms with Crippen LogP contribution in [0.4, 0.5) is 0 Å². The highest BCUT2D eigenvalue weighted by atomic mass is 79.9. The van der Waals surface area contributed by atoms with E-state index in [0.717, 1.165) is 11.0 Å². The first-order chi connectivity index (χ1) is 8.15. The Morgan fingerprint density at radius 2 is 2.29 bits per heavy atom. The molecule has 1 rings (SSSR count). The summed E-state index contributed by atoms with van der Waals surface area (Å²) in [6, 6.07) is 1.40. The maximum Gasteiger partial charge on any atom is 0.256 e. The predicted octanol–water partition coefficient (Wildman–Crippen LogP) is 0.825. The van der Waals surface area contributed by atoms with Gasteiger partial charge in [0.1, 0.15) is 5.56 Å². The Hall–Kier alpha value is -1.14. The van der Waals surface area contributed by atoms with E-state index >= 15 is 0 Å². The molecule has 0 atom stereocenters. The molecule has 0 saturated carbocycles. The highest BCUT2D eigenvalue weighted by Crippen LogP contribution is 1.92. The quantitative estimate of drug-likeness (QED) is 0.604. The molecule has 0 aromatic carbocycles. The molecule has 1 aromatic heterocycles. The number of hydrogen-bond donors (Lipinski definition) is 2. The number of ether oxygens (including phenoxy) is 1. The summed E-state index contributed by atoms with van der Waals surface area (Å²) in [6.07, 6.45) is 1.42. The SMILES string of the molecule is Cc1cc(=O)c(C(=O)NCCOCCBr)c[nH]1. The van der Waals surface area contributed by atoms with E-state index in [1.165, 1.54) is 12.3 Å². The summed E-state index contributed by atoms with van der Waals surface area (Å²) in [5, 5.41) is 3.38. The van der Waals surface area contributed by atoms with Crippen LogP contribution in [0.25, 0.3) is 0 Å². The van der Waals surface area contributed by atoms with Gasteiger partial charge in [0, 0.05) is 29.8 Å². The Bertz CT molecular complexity index is 431. The molecule has 5 nitrogen and oxygen atoms in total. The molecule has 1 amide bonds. The van der Waals surface area contributed by atoms with Crippen LogP contribution >= 0.6 is 15.9 Å². The first-order valence-corrected chi connectivity index (χ1v) is 6.38. The number of carbonyl (C=O) groups excluding carboxylic acids is 1. The zero-order valence-electron chi connectivity index (χ0n) is 9.59. The average molecular weight is 303 g/mol. The van der Waals surface area contributed by atoms with Gasteiger partial charge in [0.15, 0.2) is 5.43 Å². The third-order valence-corrected chi connectivity index (χ3v) is 2.38. The number of H-pyrrole nitrogens is 1. The fourth-order valence-corrected chi connectivity index (χ4v) is 1.47. The van der Waals surface area contributed by atoms with Crippen LogP contribution in [0.15, 0.2) is 17.1 Å². The van der Waals surface area contributed by atoms with Crippen molar-refractivity contribution >= 4 is 21.8 Å². The van der Waals surface area contributed by atoms with Gasteiger partial charge in [-0.2, -0.15) is 0 Å². The number of aromatic nitrogens is 1. The van der Waals surface area contributed by atoms with Crippen molar-refractivity contribution in [2.24, 2.45) is 0 Å². The van der Waals surface area contributed by atoms with Crippen LogP contribution in [0.1, 0.15) is 16.1 Å². The van der Waals surface area contributed by atoms with Crippen LogP contribution in [0.5, 0.6) is 0 Å². The minimum Gasteiger partial charge on any atom is -0.379 e. The minimum atomic E-state index is -0.381. The largest absolute Gasteiger partial charge is 0.379 e. The molecule has 0 radical (unpaired) electrons. The number of amides is 1. The van der Waals surface area contributed by atoms with E-state index in [1.807, 2.05) is 0 Å². The molecular weight excluding hydrogens is 288 g/mol. The number of aromatic amines is 1. The van der Waals surface area contributed by atoms with Crippen LogP contribution in [0.2, 0.25) is 0 Å². The van der Waals surface area contributed by atoms with E-state index in [-0.39, 0.29) is 16.9 Å². The van der Waals surface area contributed by atoms with Crippen LogP contribution in [-0.4, -0.2) is 36.0 Å². The summed E-state index contributed by atoms with van der Waals surface area (Å²) >= 11 is 3.23. The van der Waals surface area contributed by atoms with Crippen molar-refractivity contribution in [1.29, 1.82) is 0 Å². The number of nitrogens with one attached hydrogen (secondary N) is 2. The van der Waals surface area contributed by atoms with Gasteiger partial charge in [0.2, 0.25) is 0 Å². The molecule has 0 bridgehead atoms. The number of rotatable bonds is 6. The average Bonchev–Trinajstić information content (AvgIpc) is 2.28. The molecule has 2 N–H and O–H groups in total. The maximum absolute atomic E-state index is 11.6. The molecular formula is C11H15BrN2O3. The van der Waals surface area contributed by atoms with E-state index in [1.54, 1.807) is 6.92 Å². The summed E-state index contributed by atoms with van der Waals surface area (Å²) in [4.78, 5) is 25.9. The zero-order chi connectivity index (χ0) is 12.7. The first kappa shape index (κ1) is 13.9. The summed E-state index contributed by atoms with van der Waals surface area (Å²) in [7, 11) is 0. The molecule has 0 spiro atoms. The normalized spacial score (nSPS) is 10.2. The molecule has 0 saturated heterocycles. The predicted molar refractivity (Wildman–Crippen MR) is 68.7 cm³/mol. The molecule has 0 fully saturated rings. The second-order valence-electron chi connectivity index (χ2n) is 3.45. The van der Waals surface area contributed by atoms with Crippen LogP contribution in [-0.2, 0) is 4.74 Å². The second kappa shape index (κ2) is 7.24. The highest BCUT2D eigenvalue weighted by molar-refractivity contribution is 9.09. The lowest BCUT2D eigenvalue weighted by Crippen LogP contribution is -2.31. The fourth-order valence-electron chi connectivity index (χ4n) is 1.24. The van der Waals surface area contributed by atoms with Gasteiger partial charge in [0.05, 0.1) is 13.2 Å². The lowest BCUT2D eigenvalue weighted by Gasteiger charge is -2.05. The number of aryl methyl sites for hydroxylation is 1. The summed E-state index contributed by atoms with van der Waals surface area (Å²) in [5.74, 6) is -0.381. The molecule has 0 aliphatic rings. The van der Waals surface area contributed by atoms with Crippen molar-refractivity contribution in [3.8, 4) is 0 Å². The Kier molecular flexibility index (Phi) is 5.93. The second-order valence-corrected chi connectivity index (χ2v) is 4.24. The van der Waals surface area contributed by atoms with E-state index in [0.29, 0.717) is 19.8 Å². The lowest BCUT2D eigenvalue weighted by molar-refractivity contribution is 0.0922. The third-order valence-electron chi connectivity index (χ3n) is 2.06. The topological polar surface area (TPSA) is 71.2 Å². The van der Waals surface area contributed by atoms with Crippen LogP contribution in [0, 0.1) is 6.92 Å². The van der Waals surface area contributed by atoms with Crippen molar-refractivity contribution in [1.82, 2.24) is 10.3 Å². The van der Waals surface area contributed by atoms with Crippen molar-refractivity contribution < 1.29 is 9.53 Å². The summed E-state index contributed by atoms with van der Waals surface area (Å²) in [5.41, 5.74) is 0.573. The van der Waals surface area contributed by atoms with Gasteiger partial charge < -0.3 is 15.0 Å². The van der Waals surface area contributed by atoms with Gasteiger partial charge in [0.25, 0.3) is 5.91 Å². The maximum atomic E-state index is 11.6. The third kappa shape index (κ3) is 4.70. The number of alkyl halides is 1. The number of hydrogen-bond acceptors (Lipinski definition) is 3. The standard InChI is InChI=1S/C11H15BrN2O3/c1-8-6-10(15)9(7-14-8)11(16)13-3-5-17-4-2-12/h6-7H,2-5H2,1H3,(H,13,16)(H,14,15). The Morgan fingerprint density at radius 3 is 2.94 bits per heavy atom. The van der Waals surface area contributed by atoms with Crippen molar-refractivity contribution in [2.75, 3.05) is 25.1 Å². The van der Waals surface area contributed by atoms with Gasteiger partial charge in [-0.3, -0.25) is 9.59 Å². The number of carbonyl (C=O) groups is 1. The molecule has 6 heteroatoms. The molecule has 17 heavy (non-hydrogen) atoms. The Labute approximate surface area is 108 Å².